The minimum absolute atomic E-state index is 0.418. The lowest BCUT2D eigenvalue weighted by Crippen LogP contribution is -2.02. The zero-order valence-electron chi connectivity index (χ0n) is 23.9. The molecule has 0 amide bonds. The van der Waals surface area contributed by atoms with E-state index < -0.39 is 0 Å². The average Bonchev–Trinajstić information content (AvgIpc) is 3.06. The van der Waals surface area contributed by atoms with Gasteiger partial charge in [-0.25, -0.2) is 0 Å². The molecule has 0 saturated heterocycles. The lowest BCUT2D eigenvalue weighted by molar-refractivity contribution is 0.116. The Morgan fingerprint density at radius 3 is 1.67 bits per heavy atom. The van der Waals surface area contributed by atoms with E-state index in [4.69, 9.17) is 23.9 Å². The summed E-state index contributed by atoms with van der Waals surface area (Å²) in [6, 6.07) is 42.4. The molecule has 42 heavy (non-hydrogen) atoms. The lowest BCUT2D eigenvalue weighted by Gasteiger charge is -2.14. The van der Waals surface area contributed by atoms with Crippen LogP contribution >= 0.6 is 0 Å². The smallest absolute Gasteiger partial charge is 0.225 e. The molecule has 0 atom stereocenters. The van der Waals surface area contributed by atoms with Gasteiger partial charge in [-0.15, -0.1) is 0 Å². The zero-order valence-corrected chi connectivity index (χ0v) is 23.9. The van der Waals surface area contributed by atoms with Crippen molar-refractivity contribution in [3.8, 4) is 28.6 Å². The Balaban J connectivity index is 1.13. The van der Waals surface area contributed by atoms with E-state index in [0.717, 1.165) is 53.9 Å². The number of rotatable bonds is 16. The van der Waals surface area contributed by atoms with Crippen molar-refractivity contribution in [1.29, 1.82) is 0 Å². The summed E-state index contributed by atoms with van der Waals surface area (Å²) < 4.78 is 24.0. The first-order valence-electron chi connectivity index (χ1n) is 14.5. The molecule has 5 nitrogen and oxygen atoms in total. The predicted octanol–water partition coefficient (Wildman–Crippen LogP) is 8.67. The second-order valence-corrected chi connectivity index (χ2v) is 10.0. The third-order valence-corrected chi connectivity index (χ3v) is 6.76. The summed E-state index contributed by atoms with van der Waals surface area (Å²) in [7, 11) is 0. The van der Waals surface area contributed by atoms with Crippen molar-refractivity contribution >= 4 is 0 Å². The van der Waals surface area contributed by atoms with Crippen LogP contribution < -0.4 is 14.2 Å². The second-order valence-electron chi connectivity index (χ2n) is 10.0. The largest absolute Gasteiger partial charge is 0.494 e. The van der Waals surface area contributed by atoms with Crippen molar-refractivity contribution < 1.29 is 18.9 Å². The van der Waals surface area contributed by atoms with Crippen LogP contribution in [0.25, 0.3) is 11.1 Å². The number of pyridine rings is 1. The molecular formula is C37H37NO4. The molecule has 5 aromatic rings. The minimum atomic E-state index is 0.418. The Morgan fingerprint density at radius 2 is 1.02 bits per heavy atom. The SMILES string of the molecule is c1ccc(COCCCCCOc2ccc(-c3ccc(OCc4ccccc4)nc3OCc3ccccc3)cc2)cc1. The van der Waals surface area contributed by atoms with Gasteiger partial charge in [0.05, 0.1) is 13.2 Å². The maximum absolute atomic E-state index is 6.21. The number of nitrogens with zero attached hydrogens (tertiary/aromatic N) is 1. The number of hydrogen-bond donors (Lipinski definition) is 0. The van der Waals surface area contributed by atoms with Gasteiger partial charge in [-0.2, -0.15) is 4.98 Å². The summed E-state index contributed by atoms with van der Waals surface area (Å²) in [6.07, 6.45) is 3.08. The van der Waals surface area contributed by atoms with Crippen LogP contribution in [0.4, 0.5) is 0 Å². The average molecular weight is 560 g/mol. The number of unbranched alkanes of at least 4 members (excludes halogenated alkanes) is 2. The first-order chi connectivity index (χ1) is 20.8. The topological polar surface area (TPSA) is 49.8 Å². The molecule has 0 unspecified atom stereocenters. The van der Waals surface area contributed by atoms with E-state index in [2.05, 4.69) is 12.1 Å². The molecule has 214 valence electrons. The fraction of sp³-hybridized carbons (Fsp3) is 0.216. The maximum atomic E-state index is 6.21. The zero-order chi connectivity index (χ0) is 28.7. The van der Waals surface area contributed by atoms with E-state index in [1.165, 1.54) is 5.56 Å². The molecule has 0 aliphatic carbocycles. The Bertz CT molecular complexity index is 1460. The van der Waals surface area contributed by atoms with Crippen LogP contribution in [-0.2, 0) is 24.6 Å². The van der Waals surface area contributed by atoms with Crippen molar-refractivity contribution in [3.05, 3.63) is 144 Å². The highest BCUT2D eigenvalue weighted by atomic mass is 16.5. The molecule has 1 heterocycles. The van der Waals surface area contributed by atoms with Crippen LogP contribution in [0, 0.1) is 0 Å². The van der Waals surface area contributed by atoms with Crippen molar-refractivity contribution in [2.24, 2.45) is 0 Å². The van der Waals surface area contributed by atoms with Crippen molar-refractivity contribution in [3.63, 3.8) is 0 Å². The third kappa shape index (κ3) is 9.22. The Labute approximate surface area is 248 Å². The van der Waals surface area contributed by atoms with Gasteiger partial charge in [-0.05, 0) is 59.7 Å². The first-order valence-corrected chi connectivity index (χ1v) is 14.5. The number of ether oxygens (including phenoxy) is 4. The Hall–Kier alpha value is -4.61. The van der Waals surface area contributed by atoms with Gasteiger partial charge >= 0.3 is 0 Å². The molecular weight excluding hydrogens is 522 g/mol. The molecule has 0 radical (unpaired) electrons. The summed E-state index contributed by atoms with van der Waals surface area (Å²) in [5, 5.41) is 0. The highest BCUT2D eigenvalue weighted by molar-refractivity contribution is 5.69. The number of benzene rings is 4. The van der Waals surface area contributed by atoms with Crippen molar-refractivity contribution in [2.45, 2.75) is 39.1 Å². The molecule has 0 aliphatic rings. The molecule has 4 aromatic carbocycles. The van der Waals surface area contributed by atoms with Gasteiger partial charge in [-0.3, -0.25) is 0 Å². The third-order valence-electron chi connectivity index (χ3n) is 6.76. The Morgan fingerprint density at radius 1 is 0.452 bits per heavy atom. The fourth-order valence-corrected chi connectivity index (χ4v) is 4.46. The molecule has 0 spiro atoms. The summed E-state index contributed by atoms with van der Waals surface area (Å²) in [5.74, 6) is 1.91. The quantitative estimate of drug-likeness (QED) is 0.113. The molecule has 1 aromatic heterocycles. The first kappa shape index (κ1) is 28.9. The highest BCUT2D eigenvalue weighted by Crippen LogP contribution is 2.32. The molecule has 0 fully saturated rings. The van der Waals surface area contributed by atoms with Crippen LogP contribution in [0.15, 0.2) is 127 Å². The van der Waals surface area contributed by atoms with Crippen LogP contribution in [0.3, 0.4) is 0 Å². The van der Waals surface area contributed by atoms with E-state index in [0.29, 0.717) is 38.2 Å². The predicted molar refractivity (Wildman–Crippen MR) is 167 cm³/mol. The van der Waals surface area contributed by atoms with Crippen LogP contribution in [0.2, 0.25) is 0 Å². The monoisotopic (exact) mass is 559 g/mol. The van der Waals surface area contributed by atoms with Crippen molar-refractivity contribution in [1.82, 2.24) is 4.98 Å². The molecule has 0 bridgehead atoms. The molecule has 5 heteroatoms. The van der Waals surface area contributed by atoms with E-state index in [1.807, 2.05) is 115 Å². The number of aromatic nitrogens is 1. The van der Waals surface area contributed by atoms with Crippen molar-refractivity contribution in [2.75, 3.05) is 13.2 Å². The van der Waals surface area contributed by atoms with Gasteiger partial charge < -0.3 is 18.9 Å². The Kier molecular flexibility index (Phi) is 11.0. The van der Waals surface area contributed by atoms with Gasteiger partial charge in [0.15, 0.2) is 0 Å². The maximum Gasteiger partial charge on any atom is 0.225 e. The molecule has 0 N–H and O–H groups in total. The summed E-state index contributed by atoms with van der Waals surface area (Å²) >= 11 is 0. The molecule has 5 rings (SSSR count). The summed E-state index contributed by atoms with van der Waals surface area (Å²) in [4.78, 5) is 4.72. The lowest BCUT2D eigenvalue weighted by atomic mass is 10.1. The van der Waals surface area contributed by atoms with Gasteiger partial charge in [0, 0.05) is 18.2 Å². The summed E-state index contributed by atoms with van der Waals surface area (Å²) in [6.45, 7) is 2.97. The second kappa shape index (κ2) is 16.0. The van der Waals surface area contributed by atoms with Gasteiger partial charge in [0.2, 0.25) is 11.8 Å². The van der Waals surface area contributed by atoms with Gasteiger partial charge in [-0.1, -0.05) is 103 Å². The van der Waals surface area contributed by atoms with Crippen LogP contribution in [0.1, 0.15) is 36.0 Å². The van der Waals surface area contributed by atoms with Crippen LogP contribution in [0.5, 0.6) is 17.5 Å². The highest BCUT2D eigenvalue weighted by Gasteiger charge is 2.12. The molecule has 0 aliphatic heterocycles. The van der Waals surface area contributed by atoms with E-state index in [9.17, 15) is 0 Å². The van der Waals surface area contributed by atoms with E-state index in [-0.39, 0.29) is 0 Å². The standard InChI is InChI=1S/C37H37NO4/c1-5-13-30(14-6-1)27-39-25-11-4-12-26-40-34-21-19-33(20-22-34)35-23-24-36(41-28-31-15-7-2-8-16-31)38-37(35)42-29-32-17-9-3-10-18-32/h1-3,5-10,13-24H,4,11-12,25-29H2. The summed E-state index contributed by atoms with van der Waals surface area (Å²) in [5.41, 5.74) is 5.28. The van der Waals surface area contributed by atoms with E-state index in [1.54, 1.807) is 0 Å². The van der Waals surface area contributed by atoms with Gasteiger partial charge in [0.1, 0.15) is 19.0 Å². The minimum Gasteiger partial charge on any atom is -0.494 e. The van der Waals surface area contributed by atoms with E-state index >= 15 is 0 Å². The van der Waals surface area contributed by atoms with Crippen LogP contribution in [-0.4, -0.2) is 18.2 Å². The number of hydrogen-bond acceptors (Lipinski definition) is 5. The fourth-order valence-electron chi connectivity index (χ4n) is 4.46. The van der Waals surface area contributed by atoms with Gasteiger partial charge in [0.25, 0.3) is 0 Å². The normalized spacial score (nSPS) is 10.8. The molecule has 0 saturated carbocycles.